The molecule has 0 aliphatic carbocycles. The number of fused-ring (bicyclic) bond motifs is 1. The van der Waals surface area contributed by atoms with Crippen LogP contribution in [0.15, 0.2) is 54.7 Å². The maximum atomic E-state index is 12.2. The molecule has 116 valence electrons. The van der Waals surface area contributed by atoms with E-state index in [9.17, 15) is 4.79 Å². The van der Waals surface area contributed by atoms with Crippen LogP contribution in [-0.2, 0) is 0 Å². The minimum atomic E-state index is -0.254. The lowest BCUT2D eigenvalue weighted by Crippen LogP contribution is -2.43. The molecule has 1 aromatic heterocycles. The van der Waals surface area contributed by atoms with E-state index in [0.717, 1.165) is 16.6 Å². The molecule has 0 radical (unpaired) electrons. The minimum Gasteiger partial charge on any atom is -0.360 e. The molecule has 0 saturated heterocycles. The smallest absolute Gasteiger partial charge is 0.271 e. The number of hydrazine groups is 1. The van der Waals surface area contributed by atoms with Gasteiger partial charge < -0.3 is 10.3 Å². The fourth-order valence-corrected chi connectivity index (χ4v) is 2.41. The first-order valence-corrected chi connectivity index (χ1v) is 7.54. The van der Waals surface area contributed by atoms with E-state index in [1.165, 1.54) is 5.56 Å². The van der Waals surface area contributed by atoms with Gasteiger partial charge in [0, 0.05) is 22.8 Å². The molecule has 0 aliphatic heterocycles. The van der Waals surface area contributed by atoms with Gasteiger partial charge in [-0.3, -0.25) is 15.6 Å². The molecular weight excluding hydrogens is 308 g/mol. The van der Waals surface area contributed by atoms with Gasteiger partial charge in [-0.15, -0.1) is 0 Å². The predicted molar refractivity (Wildman–Crippen MR) is 96.3 cm³/mol. The zero-order valence-corrected chi connectivity index (χ0v) is 13.3. The van der Waals surface area contributed by atoms with Gasteiger partial charge in [0.1, 0.15) is 0 Å². The standard InChI is InChI=1S/C17H16N4OS/c1-11-6-8-12(9-7-11)19-17(23)21-20-16(22)14-10-18-15-5-3-2-4-13(14)15/h2-10,18H,1H3,(H,20,22)(H2,19,21,23). The van der Waals surface area contributed by atoms with E-state index in [0.29, 0.717) is 10.7 Å². The number of hydrogen-bond donors (Lipinski definition) is 4. The van der Waals surface area contributed by atoms with Crippen molar-refractivity contribution in [1.29, 1.82) is 0 Å². The number of carbonyl (C=O) groups is 1. The van der Waals surface area contributed by atoms with Crippen molar-refractivity contribution < 1.29 is 4.79 Å². The fourth-order valence-electron chi connectivity index (χ4n) is 2.24. The molecule has 0 bridgehead atoms. The zero-order valence-electron chi connectivity index (χ0n) is 12.5. The monoisotopic (exact) mass is 324 g/mol. The van der Waals surface area contributed by atoms with Crippen LogP contribution in [0.3, 0.4) is 0 Å². The van der Waals surface area contributed by atoms with E-state index in [1.807, 2.05) is 55.5 Å². The molecule has 0 fully saturated rings. The third-order valence-corrected chi connectivity index (χ3v) is 3.64. The topological polar surface area (TPSA) is 68.9 Å². The lowest BCUT2D eigenvalue weighted by Gasteiger charge is -2.11. The van der Waals surface area contributed by atoms with Crippen LogP contribution in [0.1, 0.15) is 15.9 Å². The molecule has 4 N–H and O–H groups in total. The minimum absolute atomic E-state index is 0.254. The molecule has 0 spiro atoms. The number of carbonyl (C=O) groups excluding carboxylic acids is 1. The van der Waals surface area contributed by atoms with Crippen LogP contribution in [0.25, 0.3) is 10.9 Å². The molecule has 23 heavy (non-hydrogen) atoms. The highest BCUT2D eigenvalue weighted by Crippen LogP contribution is 2.17. The maximum absolute atomic E-state index is 12.2. The fraction of sp³-hybridized carbons (Fsp3) is 0.0588. The molecule has 1 amide bonds. The molecule has 2 aromatic carbocycles. The number of amides is 1. The summed E-state index contributed by atoms with van der Waals surface area (Å²) in [5.74, 6) is -0.254. The van der Waals surface area contributed by atoms with Crippen LogP contribution in [0, 0.1) is 6.92 Å². The Kier molecular flexibility index (Phi) is 4.25. The van der Waals surface area contributed by atoms with E-state index in [-0.39, 0.29) is 5.91 Å². The van der Waals surface area contributed by atoms with Gasteiger partial charge in [-0.1, -0.05) is 35.9 Å². The predicted octanol–water partition coefficient (Wildman–Crippen LogP) is 3.11. The molecule has 3 rings (SSSR count). The quantitative estimate of drug-likeness (QED) is 0.432. The first-order valence-electron chi connectivity index (χ1n) is 7.13. The van der Waals surface area contributed by atoms with E-state index in [2.05, 4.69) is 21.2 Å². The maximum Gasteiger partial charge on any atom is 0.271 e. The molecule has 0 aliphatic rings. The van der Waals surface area contributed by atoms with E-state index in [4.69, 9.17) is 12.2 Å². The highest BCUT2D eigenvalue weighted by Gasteiger charge is 2.11. The summed E-state index contributed by atoms with van der Waals surface area (Å²) < 4.78 is 0. The summed E-state index contributed by atoms with van der Waals surface area (Å²) in [7, 11) is 0. The van der Waals surface area contributed by atoms with E-state index < -0.39 is 0 Å². The summed E-state index contributed by atoms with van der Waals surface area (Å²) in [5.41, 5.74) is 8.80. The molecule has 0 unspecified atom stereocenters. The van der Waals surface area contributed by atoms with Gasteiger partial charge in [0.25, 0.3) is 5.91 Å². The van der Waals surface area contributed by atoms with Crippen molar-refractivity contribution in [1.82, 2.24) is 15.8 Å². The van der Waals surface area contributed by atoms with Crippen molar-refractivity contribution in [2.24, 2.45) is 0 Å². The zero-order chi connectivity index (χ0) is 16.2. The van der Waals surface area contributed by atoms with Gasteiger partial charge in [-0.2, -0.15) is 0 Å². The lowest BCUT2D eigenvalue weighted by atomic mass is 10.2. The molecule has 1 heterocycles. The summed E-state index contributed by atoms with van der Waals surface area (Å²) in [5, 5.41) is 4.19. The molecule has 6 heteroatoms. The van der Waals surface area contributed by atoms with Gasteiger partial charge in [0.2, 0.25) is 0 Å². The van der Waals surface area contributed by atoms with Gasteiger partial charge >= 0.3 is 0 Å². The number of aromatic amines is 1. The molecule has 0 saturated carbocycles. The number of benzene rings is 2. The number of hydrogen-bond acceptors (Lipinski definition) is 2. The molecular formula is C17H16N4OS. The summed E-state index contributed by atoms with van der Waals surface area (Å²) in [6, 6.07) is 15.4. The van der Waals surface area contributed by atoms with Crippen molar-refractivity contribution in [3.63, 3.8) is 0 Å². The Labute approximate surface area is 139 Å². The van der Waals surface area contributed by atoms with Crippen molar-refractivity contribution >= 4 is 39.8 Å². The number of thiocarbonyl (C=S) groups is 1. The Morgan fingerprint density at radius 2 is 1.78 bits per heavy atom. The number of nitrogens with one attached hydrogen (secondary N) is 4. The van der Waals surface area contributed by atoms with Crippen LogP contribution < -0.4 is 16.2 Å². The Balaban J connectivity index is 1.60. The largest absolute Gasteiger partial charge is 0.360 e. The number of H-pyrrole nitrogens is 1. The third kappa shape index (κ3) is 3.49. The Bertz CT molecular complexity index is 854. The summed E-state index contributed by atoms with van der Waals surface area (Å²) in [6.45, 7) is 2.02. The van der Waals surface area contributed by atoms with Crippen LogP contribution in [0.2, 0.25) is 0 Å². The summed E-state index contributed by atoms with van der Waals surface area (Å²) in [6.07, 6.45) is 1.68. The normalized spacial score (nSPS) is 10.3. The Morgan fingerprint density at radius 3 is 2.57 bits per heavy atom. The first-order chi connectivity index (χ1) is 11.1. The SMILES string of the molecule is Cc1ccc(NC(=S)NNC(=O)c2c[nH]c3ccccc23)cc1. The van der Waals surface area contributed by atoms with Gasteiger partial charge in [0.05, 0.1) is 5.56 Å². The number of anilines is 1. The second-order valence-corrected chi connectivity index (χ2v) is 5.56. The Hall–Kier alpha value is -2.86. The van der Waals surface area contributed by atoms with Crippen molar-refractivity contribution in [2.45, 2.75) is 6.92 Å². The molecule has 5 nitrogen and oxygen atoms in total. The van der Waals surface area contributed by atoms with Gasteiger partial charge in [0.15, 0.2) is 5.11 Å². The van der Waals surface area contributed by atoms with Crippen LogP contribution in [0.5, 0.6) is 0 Å². The van der Waals surface area contributed by atoms with Crippen LogP contribution in [-0.4, -0.2) is 16.0 Å². The number of rotatable bonds is 2. The second kappa shape index (κ2) is 6.50. The highest BCUT2D eigenvalue weighted by molar-refractivity contribution is 7.80. The number of aryl methyl sites for hydroxylation is 1. The number of aromatic nitrogens is 1. The Morgan fingerprint density at radius 1 is 1.04 bits per heavy atom. The van der Waals surface area contributed by atoms with Crippen LogP contribution in [0.4, 0.5) is 5.69 Å². The number of para-hydroxylation sites is 1. The third-order valence-electron chi connectivity index (χ3n) is 3.43. The lowest BCUT2D eigenvalue weighted by molar-refractivity contribution is 0.0946. The van der Waals surface area contributed by atoms with Crippen molar-refractivity contribution in [3.05, 3.63) is 65.9 Å². The van der Waals surface area contributed by atoms with E-state index in [1.54, 1.807) is 6.20 Å². The first kappa shape index (κ1) is 15.1. The summed E-state index contributed by atoms with van der Waals surface area (Å²) in [4.78, 5) is 15.3. The highest BCUT2D eigenvalue weighted by atomic mass is 32.1. The van der Waals surface area contributed by atoms with Crippen molar-refractivity contribution in [2.75, 3.05) is 5.32 Å². The van der Waals surface area contributed by atoms with Gasteiger partial charge in [-0.25, -0.2) is 0 Å². The molecule has 3 aromatic rings. The second-order valence-electron chi connectivity index (χ2n) is 5.15. The molecule has 0 atom stereocenters. The van der Waals surface area contributed by atoms with Gasteiger partial charge in [-0.05, 0) is 37.3 Å². The average molecular weight is 324 g/mol. The summed E-state index contributed by atoms with van der Waals surface area (Å²) >= 11 is 5.17. The average Bonchev–Trinajstić information content (AvgIpc) is 2.99. The van der Waals surface area contributed by atoms with E-state index >= 15 is 0 Å². The van der Waals surface area contributed by atoms with Crippen molar-refractivity contribution in [3.8, 4) is 0 Å². The van der Waals surface area contributed by atoms with Crippen LogP contribution >= 0.6 is 12.2 Å².